The molecule has 3 aromatic rings. The second-order valence-electron chi connectivity index (χ2n) is 7.31. The predicted octanol–water partition coefficient (Wildman–Crippen LogP) is 3.99. The van der Waals surface area contributed by atoms with Crippen molar-refractivity contribution in [3.8, 4) is 11.8 Å². The number of carbonyl (C=O) groups excluding carboxylic acids is 1. The first-order valence-electron chi connectivity index (χ1n) is 10.0. The summed E-state index contributed by atoms with van der Waals surface area (Å²) >= 11 is 0. The first-order valence-corrected chi connectivity index (χ1v) is 10.0. The summed E-state index contributed by atoms with van der Waals surface area (Å²) in [6.07, 6.45) is 6.58. The van der Waals surface area contributed by atoms with Gasteiger partial charge in [-0.15, -0.1) is 0 Å². The number of hydrogen-bond acceptors (Lipinski definition) is 3. The molecular weight excluding hydrogens is 360 g/mol. The smallest absolute Gasteiger partial charge is 0.241 e. The third kappa shape index (κ3) is 4.23. The van der Waals surface area contributed by atoms with Gasteiger partial charge in [0.1, 0.15) is 0 Å². The highest BCUT2D eigenvalue weighted by Crippen LogP contribution is 2.24. The Labute approximate surface area is 171 Å². The fourth-order valence-corrected chi connectivity index (χ4v) is 4.02. The van der Waals surface area contributed by atoms with Crippen LogP contribution in [0.5, 0.6) is 0 Å². The molecule has 1 fully saturated rings. The number of anilines is 1. The molecule has 0 bridgehead atoms. The standard InChI is InChI=1S/C24H24N4O/c25-18-20-9-2-1-8-19(20)13-17-28-16-7-12-23(28)24(29)26-21-10-3-4-11-22(21)27-14-5-6-15-27/h1-6,8-11,14-15,23H,7,12-13,16-17H2,(H,26,29)/t23-/m0/s1. The van der Waals surface area contributed by atoms with Gasteiger partial charge in [-0.2, -0.15) is 5.26 Å². The second-order valence-corrected chi connectivity index (χ2v) is 7.31. The Kier molecular flexibility index (Phi) is 5.73. The van der Waals surface area contributed by atoms with E-state index in [2.05, 4.69) is 16.3 Å². The van der Waals surface area contributed by atoms with Crippen LogP contribution in [0.3, 0.4) is 0 Å². The number of benzene rings is 2. The Bertz CT molecular complexity index is 1020. The first kappa shape index (κ1) is 19.0. The number of aromatic nitrogens is 1. The van der Waals surface area contributed by atoms with Gasteiger partial charge in [-0.1, -0.05) is 30.3 Å². The van der Waals surface area contributed by atoms with Gasteiger partial charge in [0.25, 0.3) is 0 Å². The number of hydrogen-bond donors (Lipinski definition) is 1. The molecule has 1 amide bonds. The van der Waals surface area contributed by atoms with Crippen LogP contribution in [-0.4, -0.2) is 34.5 Å². The average molecular weight is 384 g/mol. The predicted molar refractivity (Wildman–Crippen MR) is 114 cm³/mol. The molecule has 0 aliphatic carbocycles. The van der Waals surface area contributed by atoms with Crippen molar-refractivity contribution in [2.24, 2.45) is 0 Å². The van der Waals surface area contributed by atoms with Crippen LogP contribution in [0.2, 0.25) is 0 Å². The number of nitrogens with one attached hydrogen (secondary N) is 1. The summed E-state index contributed by atoms with van der Waals surface area (Å²) in [6.45, 7) is 1.68. The van der Waals surface area contributed by atoms with Crippen molar-refractivity contribution < 1.29 is 4.79 Å². The van der Waals surface area contributed by atoms with Gasteiger partial charge in [0.2, 0.25) is 5.91 Å². The summed E-state index contributed by atoms with van der Waals surface area (Å²) in [5, 5.41) is 12.4. The normalized spacial score (nSPS) is 16.4. The lowest BCUT2D eigenvalue weighted by Gasteiger charge is -2.24. The monoisotopic (exact) mass is 384 g/mol. The van der Waals surface area contributed by atoms with E-state index in [4.69, 9.17) is 0 Å². The Morgan fingerprint density at radius 1 is 1.07 bits per heavy atom. The number of nitrogens with zero attached hydrogens (tertiary/aromatic N) is 3. The SMILES string of the molecule is N#Cc1ccccc1CCN1CCC[C@H]1C(=O)Nc1ccccc1-n1cccc1. The van der Waals surface area contributed by atoms with Crippen LogP contribution in [0.4, 0.5) is 5.69 Å². The number of carbonyl (C=O) groups is 1. The maximum absolute atomic E-state index is 13.1. The molecule has 0 unspecified atom stereocenters. The molecule has 0 radical (unpaired) electrons. The molecule has 1 aliphatic heterocycles. The van der Waals surface area contributed by atoms with Gasteiger partial charge in [-0.05, 0) is 61.7 Å². The zero-order valence-corrected chi connectivity index (χ0v) is 16.3. The quantitative estimate of drug-likeness (QED) is 0.699. The van der Waals surface area contributed by atoms with E-state index in [0.717, 1.165) is 49.3 Å². The lowest BCUT2D eigenvalue weighted by atomic mass is 10.1. The number of para-hydroxylation sites is 2. The van der Waals surface area contributed by atoms with E-state index in [1.807, 2.05) is 77.6 Å². The number of likely N-dealkylation sites (tertiary alicyclic amines) is 1. The molecule has 29 heavy (non-hydrogen) atoms. The molecule has 2 aromatic carbocycles. The van der Waals surface area contributed by atoms with E-state index in [9.17, 15) is 10.1 Å². The van der Waals surface area contributed by atoms with Crippen LogP contribution in [-0.2, 0) is 11.2 Å². The van der Waals surface area contributed by atoms with Gasteiger partial charge in [0.05, 0.1) is 29.0 Å². The highest BCUT2D eigenvalue weighted by atomic mass is 16.2. The van der Waals surface area contributed by atoms with Crippen LogP contribution in [0, 0.1) is 11.3 Å². The van der Waals surface area contributed by atoms with E-state index in [1.54, 1.807) is 0 Å². The lowest BCUT2D eigenvalue weighted by Crippen LogP contribution is -2.40. The minimum atomic E-state index is -0.137. The Morgan fingerprint density at radius 3 is 2.66 bits per heavy atom. The molecule has 1 saturated heterocycles. The van der Waals surface area contributed by atoms with Crippen molar-refractivity contribution in [1.82, 2.24) is 9.47 Å². The van der Waals surface area contributed by atoms with Crippen molar-refractivity contribution in [3.63, 3.8) is 0 Å². The maximum Gasteiger partial charge on any atom is 0.241 e. The van der Waals surface area contributed by atoms with E-state index < -0.39 is 0 Å². The average Bonchev–Trinajstić information content (AvgIpc) is 3.45. The summed E-state index contributed by atoms with van der Waals surface area (Å²) < 4.78 is 2.00. The molecule has 1 aliphatic rings. The summed E-state index contributed by atoms with van der Waals surface area (Å²) in [4.78, 5) is 15.3. The lowest BCUT2D eigenvalue weighted by molar-refractivity contribution is -0.120. The number of amides is 1. The second kappa shape index (κ2) is 8.76. The number of nitriles is 1. The van der Waals surface area contributed by atoms with Gasteiger partial charge in [0.15, 0.2) is 0 Å². The van der Waals surface area contributed by atoms with Crippen molar-refractivity contribution in [3.05, 3.63) is 84.2 Å². The van der Waals surface area contributed by atoms with Gasteiger partial charge < -0.3 is 9.88 Å². The van der Waals surface area contributed by atoms with Crippen molar-refractivity contribution in [2.75, 3.05) is 18.4 Å². The molecule has 1 aromatic heterocycles. The Balaban J connectivity index is 1.44. The van der Waals surface area contributed by atoms with E-state index in [0.29, 0.717) is 5.56 Å². The van der Waals surface area contributed by atoms with Crippen molar-refractivity contribution >= 4 is 11.6 Å². The van der Waals surface area contributed by atoms with Crippen LogP contribution in [0.1, 0.15) is 24.0 Å². The topological polar surface area (TPSA) is 61.1 Å². The van der Waals surface area contributed by atoms with E-state index in [1.165, 1.54) is 0 Å². The molecule has 4 rings (SSSR count). The van der Waals surface area contributed by atoms with Gasteiger partial charge >= 0.3 is 0 Å². The van der Waals surface area contributed by atoms with Crippen LogP contribution >= 0.6 is 0 Å². The zero-order chi connectivity index (χ0) is 20.1. The van der Waals surface area contributed by atoms with Crippen LogP contribution in [0.25, 0.3) is 5.69 Å². The van der Waals surface area contributed by atoms with Crippen molar-refractivity contribution in [2.45, 2.75) is 25.3 Å². The van der Waals surface area contributed by atoms with Crippen LogP contribution < -0.4 is 5.32 Å². The van der Waals surface area contributed by atoms with E-state index >= 15 is 0 Å². The van der Waals surface area contributed by atoms with E-state index in [-0.39, 0.29) is 11.9 Å². The van der Waals surface area contributed by atoms with Gasteiger partial charge in [-0.3, -0.25) is 9.69 Å². The third-order valence-electron chi connectivity index (χ3n) is 5.52. The first-order chi connectivity index (χ1) is 14.3. The minimum Gasteiger partial charge on any atom is -0.323 e. The largest absolute Gasteiger partial charge is 0.323 e. The Hall–Kier alpha value is -3.36. The molecule has 0 saturated carbocycles. The molecule has 1 N–H and O–H groups in total. The highest BCUT2D eigenvalue weighted by molar-refractivity contribution is 5.96. The van der Waals surface area contributed by atoms with Crippen LogP contribution in [0.15, 0.2) is 73.1 Å². The number of rotatable bonds is 6. The molecule has 5 heteroatoms. The molecule has 146 valence electrons. The fourth-order valence-electron chi connectivity index (χ4n) is 4.02. The molecule has 2 heterocycles. The van der Waals surface area contributed by atoms with Gasteiger partial charge in [0, 0.05) is 18.9 Å². The summed E-state index contributed by atoms with van der Waals surface area (Å²) in [7, 11) is 0. The van der Waals surface area contributed by atoms with Crippen molar-refractivity contribution in [1.29, 1.82) is 5.26 Å². The molecular formula is C24H24N4O. The van der Waals surface area contributed by atoms with Gasteiger partial charge in [-0.25, -0.2) is 0 Å². The maximum atomic E-state index is 13.1. The fraction of sp³-hybridized carbons (Fsp3) is 0.250. The minimum absolute atomic E-state index is 0.0377. The molecule has 1 atom stereocenters. The molecule has 0 spiro atoms. The zero-order valence-electron chi connectivity index (χ0n) is 16.3. The summed E-state index contributed by atoms with van der Waals surface area (Å²) in [6, 6.07) is 21.6. The highest BCUT2D eigenvalue weighted by Gasteiger charge is 2.30. The molecule has 5 nitrogen and oxygen atoms in total. The Morgan fingerprint density at radius 2 is 1.83 bits per heavy atom. The summed E-state index contributed by atoms with van der Waals surface area (Å²) in [5.41, 5.74) is 3.53. The summed E-state index contributed by atoms with van der Waals surface area (Å²) in [5.74, 6) is 0.0377. The third-order valence-corrected chi connectivity index (χ3v) is 5.52.